The third-order valence-corrected chi connectivity index (χ3v) is 4.59. The second-order valence-corrected chi connectivity index (χ2v) is 6.69. The fraction of sp³-hybridized carbons (Fsp3) is 0.111. The number of rotatable bonds is 3. The molecular formula is C18H14ClIN2O. The second kappa shape index (κ2) is 6.84. The average molecular weight is 437 g/mol. The number of aromatic nitrogens is 2. The Morgan fingerprint density at radius 2 is 2.00 bits per heavy atom. The smallest absolute Gasteiger partial charge is 0.261 e. The van der Waals surface area contributed by atoms with Crippen LogP contribution in [0, 0.1) is 3.57 Å². The standard InChI is InChI=1S/C18H14ClIN2O/c1-2-22-17(10-7-12-5-3-4-6-15(12)19)21-16-9-8-13(20)11-14(16)18(22)23/h3-11H,2H2,1H3/b10-7+. The van der Waals surface area contributed by atoms with Crippen molar-refractivity contribution in [3.05, 3.63) is 72.8 Å². The second-order valence-electron chi connectivity index (χ2n) is 5.04. The molecule has 0 bridgehead atoms. The first-order valence-electron chi connectivity index (χ1n) is 7.23. The van der Waals surface area contributed by atoms with Crippen molar-refractivity contribution in [2.24, 2.45) is 0 Å². The van der Waals surface area contributed by atoms with Gasteiger partial charge in [0, 0.05) is 15.1 Å². The van der Waals surface area contributed by atoms with Crippen molar-refractivity contribution < 1.29 is 0 Å². The van der Waals surface area contributed by atoms with E-state index < -0.39 is 0 Å². The van der Waals surface area contributed by atoms with E-state index in [4.69, 9.17) is 11.6 Å². The van der Waals surface area contributed by atoms with Crippen LogP contribution in [0.3, 0.4) is 0 Å². The predicted octanol–water partition coefficient (Wildman–Crippen LogP) is 4.84. The first-order chi connectivity index (χ1) is 11.1. The van der Waals surface area contributed by atoms with Crippen LogP contribution in [0.5, 0.6) is 0 Å². The molecule has 0 atom stereocenters. The molecule has 0 saturated heterocycles. The lowest BCUT2D eigenvalue weighted by molar-refractivity contribution is 0.708. The van der Waals surface area contributed by atoms with E-state index in [-0.39, 0.29) is 5.56 Å². The SMILES string of the molecule is CCn1c(/C=C/c2ccccc2Cl)nc2ccc(I)cc2c1=O. The Morgan fingerprint density at radius 3 is 2.74 bits per heavy atom. The third-order valence-electron chi connectivity index (χ3n) is 3.58. The molecule has 3 nitrogen and oxygen atoms in total. The molecule has 0 aliphatic carbocycles. The summed E-state index contributed by atoms with van der Waals surface area (Å²) >= 11 is 8.37. The molecular weight excluding hydrogens is 423 g/mol. The lowest BCUT2D eigenvalue weighted by atomic mass is 10.2. The van der Waals surface area contributed by atoms with Gasteiger partial charge in [-0.25, -0.2) is 4.98 Å². The maximum absolute atomic E-state index is 12.7. The Balaban J connectivity index is 2.16. The Kier molecular flexibility index (Phi) is 4.82. The van der Waals surface area contributed by atoms with Crippen LogP contribution in [0.25, 0.3) is 23.1 Å². The summed E-state index contributed by atoms with van der Waals surface area (Å²) in [5.74, 6) is 0.631. The van der Waals surface area contributed by atoms with Gasteiger partial charge in [0.1, 0.15) is 5.82 Å². The minimum Gasteiger partial charge on any atom is -0.293 e. The van der Waals surface area contributed by atoms with Gasteiger partial charge < -0.3 is 0 Å². The van der Waals surface area contributed by atoms with E-state index in [0.29, 0.717) is 28.3 Å². The number of fused-ring (bicyclic) bond motifs is 1. The molecule has 0 aliphatic heterocycles. The van der Waals surface area contributed by atoms with Crippen LogP contribution < -0.4 is 5.56 Å². The van der Waals surface area contributed by atoms with Crippen molar-refractivity contribution in [2.45, 2.75) is 13.5 Å². The van der Waals surface area contributed by atoms with Gasteiger partial charge in [-0.1, -0.05) is 29.8 Å². The largest absolute Gasteiger partial charge is 0.293 e. The zero-order valence-corrected chi connectivity index (χ0v) is 15.4. The first-order valence-corrected chi connectivity index (χ1v) is 8.68. The predicted molar refractivity (Wildman–Crippen MR) is 105 cm³/mol. The molecule has 3 aromatic rings. The molecule has 116 valence electrons. The maximum atomic E-state index is 12.7. The summed E-state index contributed by atoms with van der Waals surface area (Å²) in [5.41, 5.74) is 1.59. The summed E-state index contributed by atoms with van der Waals surface area (Å²) in [4.78, 5) is 17.3. The van der Waals surface area contributed by atoms with Gasteiger partial charge in [0.15, 0.2) is 0 Å². The summed E-state index contributed by atoms with van der Waals surface area (Å²) in [7, 11) is 0. The van der Waals surface area contributed by atoms with E-state index in [1.54, 1.807) is 4.57 Å². The first kappa shape index (κ1) is 16.2. The minimum atomic E-state index is -0.0187. The fourth-order valence-corrected chi connectivity index (χ4v) is 3.11. The van der Waals surface area contributed by atoms with Crippen LogP contribution in [-0.2, 0) is 6.54 Å². The molecule has 0 spiro atoms. The number of benzene rings is 2. The summed E-state index contributed by atoms with van der Waals surface area (Å²) in [6, 6.07) is 13.3. The van der Waals surface area contributed by atoms with E-state index in [2.05, 4.69) is 27.6 Å². The topological polar surface area (TPSA) is 34.9 Å². The van der Waals surface area contributed by atoms with E-state index in [9.17, 15) is 4.79 Å². The summed E-state index contributed by atoms with van der Waals surface area (Å²) < 4.78 is 2.70. The molecule has 2 aromatic carbocycles. The molecule has 0 unspecified atom stereocenters. The van der Waals surface area contributed by atoms with Crippen LogP contribution in [0.15, 0.2) is 47.3 Å². The van der Waals surface area contributed by atoms with Crippen LogP contribution in [0.4, 0.5) is 0 Å². The van der Waals surface area contributed by atoms with Gasteiger partial charge in [-0.3, -0.25) is 9.36 Å². The van der Waals surface area contributed by atoms with Gasteiger partial charge in [-0.05, 0) is 71.5 Å². The molecule has 0 radical (unpaired) electrons. The van der Waals surface area contributed by atoms with Crippen LogP contribution in [-0.4, -0.2) is 9.55 Å². The molecule has 0 N–H and O–H groups in total. The van der Waals surface area contributed by atoms with Gasteiger partial charge in [0.05, 0.1) is 10.9 Å². The van der Waals surface area contributed by atoms with Crippen molar-refractivity contribution in [3.63, 3.8) is 0 Å². The van der Waals surface area contributed by atoms with E-state index in [0.717, 1.165) is 9.13 Å². The third kappa shape index (κ3) is 3.33. The molecule has 1 heterocycles. The van der Waals surface area contributed by atoms with Crippen molar-refractivity contribution >= 4 is 57.2 Å². The molecule has 0 amide bonds. The molecule has 0 fully saturated rings. The molecule has 1 aromatic heterocycles. The highest BCUT2D eigenvalue weighted by atomic mass is 127. The van der Waals surface area contributed by atoms with Gasteiger partial charge >= 0.3 is 0 Å². The molecule has 3 rings (SSSR count). The van der Waals surface area contributed by atoms with E-state index in [1.165, 1.54) is 0 Å². The van der Waals surface area contributed by atoms with Crippen LogP contribution in [0.1, 0.15) is 18.3 Å². The van der Waals surface area contributed by atoms with E-state index >= 15 is 0 Å². The lowest BCUT2D eigenvalue weighted by Gasteiger charge is -2.09. The van der Waals surface area contributed by atoms with Crippen LogP contribution in [0.2, 0.25) is 5.02 Å². The Labute approximate surface area is 152 Å². The van der Waals surface area contributed by atoms with Crippen molar-refractivity contribution in [2.75, 3.05) is 0 Å². The lowest BCUT2D eigenvalue weighted by Crippen LogP contribution is -2.23. The quantitative estimate of drug-likeness (QED) is 0.551. The summed E-state index contributed by atoms with van der Waals surface area (Å²) in [5, 5.41) is 1.32. The molecule has 0 aliphatic rings. The van der Waals surface area contributed by atoms with Crippen molar-refractivity contribution in [1.82, 2.24) is 9.55 Å². The molecule has 5 heteroatoms. The highest BCUT2D eigenvalue weighted by Crippen LogP contribution is 2.18. The zero-order valence-electron chi connectivity index (χ0n) is 12.5. The van der Waals surface area contributed by atoms with E-state index in [1.807, 2.05) is 61.5 Å². The molecule has 0 saturated carbocycles. The van der Waals surface area contributed by atoms with Gasteiger partial charge in [-0.2, -0.15) is 0 Å². The fourth-order valence-electron chi connectivity index (χ4n) is 2.42. The normalized spacial score (nSPS) is 11.4. The number of hydrogen-bond donors (Lipinski definition) is 0. The highest BCUT2D eigenvalue weighted by Gasteiger charge is 2.08. The van der Waals surface area contributed by atoms with Crippen molar-refractivity contribution in [1.29, 1.82) is 0 Å². The Morgan fingerprint density at radius 1 is 1.22 bits per heavy atom. The zero-order chi connectivity index (χ0) is 16.4. The average Bonchev–Trinajstić information content (AvgIpc) is 2.55. The number of nitrogens with zero attached hydrogens (tertiary/aromatic N) is 2. The van der Waals surface area contributed by atoms with Gasteiger partial charge in [0.2, 0.25) is 0 Å². The number of halogens is 2. The number of hydrogen-bond acceptors (Lipinski definition) is 2. The highest BCUT2D eigenvalue weighted by molar-refractivity contribution is 14.1. The minimum absolute atomic E-state index is 0.0187. The summed E-state index contributed by atoms with van der Waals surface area (Å²) in [6.07, 6.45) is 3.72. The maximum Gasteiger partial charge on any atom is 0.261 e. The molecule has 23 heavy (non-hydrogen) atoms. The monoisotopic (exact) mass is 436 g/mol. The summed E-state index contributed by atoms with van der Waals surface area (Å²) in [6.45, 7) is 2.51. The van der Waals surface area contributed by atoms with Gasteiger partial charge in [-0.15, -0.1) is 0 Å². The Hall–Kier alpha value is -1.66. The van der Waals surface area contributed by atoms with Gasteiger partial charge in [0.25, 0.3) is 5.56 Å². The van der Waals surface area contributed by atoms with Crippen LogP contribution >= 0.6 is 34.2 Å². The Bertz CT molecular complexity index is 963. The van der Waals surface area contributed by atoms with Crippen molar-refractivity contribution in [3.8, 4) is 0 Å².